The third kappa shape index (κ3) is 2.16. The van der Waals surface area contributed by atoms with Crippen LogP contribution in [0.15, 0.2) is 28.7 Å². The Bertz CT molecular complexity index is 541. The van der Waals surface area contributed by atoms with Gasteiger partial charge in [-0.25, -0.2) is 0 Å². The van der Waals surface area contributed by atoms with Gasteiger partial charge in [0.15, 0.2) is 0 Å². The van der Waals surface area contributed by atoms with E-state index in [4.69, 9.17) is 0 Å². The predicted octanol–water partition coefficient (Wildman–Crippen LogP) is 2.59. The number of amides is 1. The van der Waals surface area contributed by atoms with E-state index in [0.717, 1.165) is 22.9 Å². The number of nitrogens with zero attached hydrogens (tertiary/aromatic N) is 1. The number of hydrogen-bond acceptors (Lipinski definition) is 2. The molecule has 1 aliphatic heterocycles. The minimum atomic E-state index is -0.891. The summed E-state index contributed by atoms with van der Waals surface area (Å²) in [7, 11) is 0. The van der Waals surface area contributed by atoms with Gasteiger partial charge in [-0.1, -0.05) is 34.1 Å². The third-order valence-corrected chi connectivity index (χ3v) is 4.57. The Labute approximate surface area is 119 Å². The van der Waals surface area contributed by atoms with Gasteiger partial charge in [-0.05, 0) is 24.5 Å². The van der Waals surface area contributed by atoms with Crippen molar-refractivity contribution < 1.29 is 14.7 Å². The highest BCUT2D eigenvalue weighted by molar-refractivity contribution is 9.10. The number of rotatable bonds is 3. The number of benzene rings is 1. The Morgan fingerprint density at radius 3 is 2.58 bits per heavy atom. The number of carboxylic acids is 1. The average molecular weight is 324 g/mol. The summed E-state index contributed by atoms with van der Waals surface area (Å²) < 4.78 is 0.867. The number of halogens is 1. The normalized spacial score (nSPS) is 26.8. The lowest BCUT2D eigenvalue weighted by Crippen LogP contribution is -2.32. The molecule has 1 heterocycles. The number of carboxylic acid groups (broad SMARTS) is 1. The van der Waals surface area contributed by atoms with E-state index in [1.807, 2.05) is 24.3 Å². The molecule has 0 bridgehead atoms. The fraction of sp³-hybridized carbons (Fsp3) is 0.429. The van der Waals surface area contributed by atoms with E-state index in [9.17, 15) is 14.7 Å². The van der Waals surface area contributed by atoms with Crippen molar-refractivity contribution in [3.8, 4) is 0 Å². The first-order valence-corrected chi connectivity index (χ1v) is 7.17. The zero-order valence-electron chi connectivity index (χ0n) is 10.3. The molecule has 1 aromatic rings. The maximum absolute atomic E-state index is 12.1. The molecule has 2 atom stereocenters. The largest absolute Gasteiger partial charge is 0.481 e. The summed E-state index contributed by atoms with van der Waals surface area (Å²) in [6, 6.07) is 7.46. The molecule has 1 N–H and O–H groups in total. The molecule has 3 rings (SSSR count). The lowest BCUT2D eigenvalue weighted by molar-refractivity contribution is -0.142. The fourth-order valence-corrected chi connectivity index (χ4v) is 3.36. The Morgan fingerprint density at radius 2 is 2.00 bits per heavy atom. The monoisotopic (exact) mass is 323 g/mol. The Balaban J connectivity index is 2.04. The van der Waals surface area contributed by atoms with Crippen LogP contribution in [-0.2, 0) is 9.59 Å². The molecule has 0 radical (unpaired) electrons. The molecule has 2 fully saturated rings. The lowest BCUT2D eigenvalue weighted by atomic mass is 9.93. The maximum atomic E-state index is 12.1. The van der Waals surface area contributed by atoms with Gasteiger partial charge in [0.2, 0.25) is 5.91 Å². The van der Waals surface area contributed by atoms with Crippen LogP contribution in [-0.4, -0.2) is 27.9 Å². The number of aliphatic carboxylic acids is 1. The van der Waals surface area contributed by atoms with Crippen LogP contribution in [0.1, 0.15) is 30.9 Å². The molecule has 1 aliphatic carbocycles. The van der Waals surface area contributed by atoms with Gasteiger partial charge in [0.05, 0.1) is 12.0 Å². The molecule has 0 spiro atoms. The fourth-order valence-electron chi connectivity index (χ4n) is 2.84. The van der Waals surface area contributed by atoms with Crippen LogP contribution < -0.4 is 0 Å². The van der Waals surface area contributed by atoms with Crippen LogP contribution in [0.4, 0.5) is 0 Å². The second kappa shape index (κ2) is 4.63. The molecule has 0 aromatic heterocycles. The number of carbonyl (C=O) groups is 2. The van der Waals surface area contributed by atoms with E-state index >= 15 is 0 Å². The van der Waals surface area contributed by atoms with Gasteiger partial charge in [0.25, 0.3) is 0 Å². The summed E-state index contributed by atoms with van der Waals surface area (Å²) in [5.41, 5.74) is 0.896. The quantitative estimate of drug-likeness (QED) is 0.930. The smallest absolute Gasteiger partial charge is 0.309 e. The lowest BCUT2D eigenvalue weighted by Gasteiger charge is -2.28. The van der Waals surface area contributed by atoms with Crippen molar-refractivity contribution >= 4 is 27.8 Å². The van der Waals surface area contributed by atoms with Crippen LogP contribution >= 0.6 is 15.9 Å². The molecule has 1 saturated heterocycles. The van der Waals surface area contributed by atoms with Crippen molar-refractivity contribution in [1.82, 2.24) is 4.90 Å². The molecule has 2 unspecified atom stereocenters. The van der Waals surface area contributed by atoms with Gasteiger partial charge < -0.3 is 10.0 Å². The van der Waals surface area contributed by atoms with E-state index < -0.39 is 11.9 Å². The molecular formula is C14H14BrNO3. The van der Waals surface area contributed by atoms with Gasteiger partial charge in [-0.15, -0.1) is 0 Å². The average Bonchev–Trinajstić information content (AvgIpc) is 3.13. The zero-order valence-corrected chi connectivity index (χ0v) is 11.8. The summed E-state index contributed by atoms with van der Waals surface area (Å²) in [6.45, 7) is 0. The van der Waals surface area contributed by atoms with Gasteiger partial charge in [0, 0.05) is 16.9 Å². The Kier molecular flexibility index (Phi) is 3.09. The number of carbonyl (C=O) groups excluding carboxylic acids is 1. The predicted molar refractivity (Wildman–Crippen MR) is 72.5 cm³/mol. The van der Waals surface area contributed by atoms with Gasteiger partial charge >= 0.3 is 5.97 Å². The minimum absolute atomic E-state index is 0.0318. The van der Waals surface area contributed by atoms with E-state index in [1.54, 1.807) is 4.90 Å². The Hall–Kier alpha value is -1.36. The third-order valence-electron chi connectivity index (χ3n) is 3.84. The molecule has 2 aliphatic rings. The van der Waals surface area contributed by atoms with Gasteiger partial charge in [-0.2, -0.15) is 0 Å². The molecule has 4 nitrogen and oxygen atoms in total. The van der Waals surface area contributed by atoms with Gasteiger partial charge in [0.1, 0.15) is 0 Å². The molecule has 1 saturated carbocycles. The standard InChI is InChI=1S/C14H14BrNO3/c15-11-4-2-1-3-9(11)13-10(14(18)19)7-12(17)16(13)8-5-6-8/h1-4,8,10,13H,5-7H2,(H,18,19). The van der Waals surface area contributed by atoms with Crippen molar-refractivity contribution in [2.24, 2.45) is 5.92 Å². The van der Waals surface area contributed by atoms with Crippen LogP contribution in [0.3, 0.4) is 0 Å². The highest BCUT2D eigenvalue weighted by Gasteiger charge is 2.50. The summed E-state index contributed by atoms with van der Waals surface area (Å²) in [5, 5.41) is 9.38. The summed E-state index contributed by atoms with van der Waals surface area (Å²) in [6.07, 6.45) is 2.08. The number of likely N-dealkylation sites (tertiary alicyclic amines) is 1. The minimum Gasteiger partial charge on any atom is -0.481 e. The van der Waals surface area contributed by atoms with Crippen molar-refractivity contribution in [2.45, 2.75) is 31.3 Å². The first-order chi connectivity index (χ1) is 9.09. The number of hydrogen-bond donors (Lipinski definition) is 1. The van der Waals surface area contributed by atoms with Crippen molar-refractivity contribution in [3.05, 3.63) is 34.3 Å². The van der Waals surface area contributed by atoms with Crippen molar-refractivity contribution in [3.63, 3.8) is 0 Å². The Morgan fingerprint density at radius 1 is 1.32 bits per heavy atom. The van der Waals surface area contributed by atoms with E-state index in [1.165, 1.54) is 0 Å². The van der Waals surface area contributed by atoms with Crippen LogP contribution in [0, 0.1) is 5.92 Å². The first-order valence-electron chi connectivity index (χ1n) is 6.38. The topological polar surface area (TPSA) is 57.6 Å². The van der Waals surface area contributed by atoms with Gasteiger partial charge in [-0.3, -0.25) is 9.59 Å². The summed E-state index contributed by atoms with van der Waals surface area (Å²) in [4.78, 5) is 25.3. The summed E-state index contributed by atoms with van der Waals surface area (Å²) in [5.74, 6) is -1.57. The maximum Gasteiger partial charge on any atom is 0.309 e. The molecule has 5 heteroatoms. The highest BCUT2D eigenvalue weighted by atomic mass is 79.9. The van der Waals surface area contributed by atoms with E-state index in [-0.39, 0.29) is 24.4 Å². The van der Waals surface area contributed by atoms with Crippen molar-refractivity contribution in [1.29, 1.82) is 0 Å². The van der Waals surface area contributed by atoms with E-state index in [2.05, 4.69) is 15.9 Å². The molecule has 1 amide bonds. The van der Waals surface area contributed by atoms with Crippen LogP contribution in [0.2, 0.25) is 0 Å². The molecule has 1 aromatic carbocycles. The second-order valence-electron chi connectivity index (χ2n) is 5.15. The first kappa shape index (κ1) is 12.7. The SMILES string of the molecule is O=C(O)C1CC(=O)N(C2CC2)C1c1ccccc1Br. The zero-order chi connectivity index (χ0) is 13.6. The second-order valence-corrected chi connectivity index (χ2v) is 6.00. The van der Waals surface area contributed by atoms with Crippen LogP contribution in [0.25, 0.3) is 0 Å². The van der Waals surface area contributed by atoms with E-state index in [0.29, 0.717) is 0 Å². The molecule has 19 heavy (non-hydrogen) atoms. The molecular weight excluding hydrogens is 310 g/mol. The molecule has 100 valence electrons. The van der Waals surface area contributed by atoms with Crippen LogP contribution in [0.5, 0.6) is 0 Å². The van der Waals surface area contributed by atoms with Crippen molar-refractivity contribution in [2.75, 3.05) is 0 Å². The summed E-state index contributed by atoms with van der Waals surface area (Å²) >= 11 is 3.47. The highest BCUT2D eigenvalue weighted by Crippen LogP contribution is 2.46.